The van der Waals surface area contributed by atoms with Crippen molar-refractivity contribution in [2.75, 3.05) is 13.1 Å². The molecule has 2 aromatic rings. The van der Waals surface area contributed by atoms with E-state index in [1.54, 1.807) is 18.3 Å². The highest BCUT2D eigenvalue weighted by Gasteiger charge is 2.20. The first-order chi connectivity index (χ1) is 12.4. The van der Waals surface area contributed by atoms with Crippen LogP contribution in [0.25, 0.3) is 0 Å². The van der Waals surface area contributed by atoms with E-state index in [1.807, 2.05) is 6.92 Å². The summed E-state index contributed by atoms with van der Waals surface area (Å²) in [6.07, 6.45) is -0.117. The molecule has 0 saturated carbocycles. The minimum atomic E-state index is -2.90. The molecule has 7 heteroatoms. The second-order valence-corrected chi connectivity index (χ2v) is 5.98. The molecule has 1 aromatic heterocycles. The summed E-state index contributed by atoms with van der Waals surface area (Å²) in [5.41, 5.74) is 0.223. The largest absolute Gasteiger partial charge is 0.386 e. The average Bonchev–Trinajstić information content (AvgIpc) is 2.61. The maximum absolute atomic E-state index is 13.7. The summed E-state index contributed by atoms with van der Waals surface area (Å²) in [5, 5.41) is 10.3. The van der Waals surface area contributed by atoms with Crippen LogP contribution in [0.2, 0.25) is 0 Å². The van der Waals surface area contributed by atoms with Crippen LogP contribution in [-0.2, 0) is 11.2 Å². The van der Waals surface area contributed by atoms with Crippen molar-refractivity contribution in [2.45, 2.75) is 32.3 Å². The van der Waals surface area contributed by atoms with Gasteiger partial charge >= 0.3 is 0 Å². The summed E-state index contributed by atoms with van der Waals surface area (Å²) in [7, 11) is 0. The molecule has 1 aromatic carbocycles. The van der Waals surface area contributed by atoms with Crippen molar-refractivity contribution in [2.24, 2.45) is 0 Å². The fraction of sp³-hybridized carbons (Fsp3) is 0.368. The van der Waals surface area contributed by atoms with Crippen LogP contribution in [0.1, 0.15) is 42.6 Å². The number of carbonyl (C=O) groups is 1. The number of amides is 1. The van der Waals surface area contributed by atoms with Gasteiger partial charge in [-0.2, -0.15) is 0 Å². The number of hydrogen-bond acceptors (Lipinski definition) is 3. The maximum Gasteiger partial charge on any atom is 0.266 e. The van der Waals surface area contributed by atoms with Crippen LogP contribution in [0.3, 0.4) is 0 Å². The van der Waals surface area contributed by atoms with Gasteiger partial charge in [-0.05, 0) is 24.1 Å². The molecule has 1 N–H and O–H groups in total. The Bertz CT molecular complexity index is 726. The van der Waals surface area contributed by atoms with Crippen LogP contribution in [0.5, 0.6) is 0 Å². The first-order valence-electron chi connectivity index (χ1n) is 8.34. The third-order valence-electron chi connectivity index (χ3n) is 3.96. The molecule has 1 amide bonds. The lowest BCUT2D eigenvalue weighted by Gasteiger charge is -2.25. The Labute approximate surface area is 150 Å². The number of carbonyl (C=O) groups excluding carboxylic acids is 1. The zero-order valence-corrected chi connectivity index (χ0v) is 14.4. The zero-order valence-electron chi connectivity index (χ0n) is 14.4. The molecule has 4 nitrogen and oxygen atoms in total. The molecular formula is C19H21F3N2O2. The van der Waals surface area contributed by atoms with Crippen molar-refractivity contribution in [3.63, 3.8) is 0 Å². The number of rotatable bonds is 8. The van der Waals surface area contributed by atoms with Crippen LogP contribution < -0.4 is 0 Å². The highest BCUT2D eigenvalue weighted by molar-refractivity contribution is 5.78. The van der Waals surface area contributed by atoms with Crippen molar-refractivity contribution in [3.05, 3.63) is 65.2 Å². The quantitative estimate of drug-likeness (QED) is 0.776. The van der Waals surface area contributed by atoms with E-state index in [2.05, 4.69) is 4.98 Å². The molecule has 1 atom stereocenters. The van der Waals surface area contributed by atoms with Gasteiger partial charge in [0.1, 0.15) is 5.82 Å². The number of aliphatic hydroxyl groups excluding tert-OH is 1. The molecule has 0 unspecified atom stereocenters. The molecule has 0 fully saturated rings. The van der Waals surface area contributed by atoms with E-state index in [0.29, 0.717) is 24.1 Å². The fourth-order valence-electron chi connectivity index (χ4n) is 2.62. The lowest BCUT2D eigenvalue weighted by atomic mass is 10.1. The predicted molar refractivity (Wildman–Crippen MR) is 91.1 cm³/mol. The van der Waals surface area contributed by atoms with Crippen LogP contribution in [0.4, 0.5) is 13.2 Å². The Morgan fingerprint density at radius 2 is 2.08 bits per heavy atom. The molecule has 0 aliphatic carbocycles. The number of alkyl halides is 2. The van der Waals surface area contributed by atoms with Crippen molar-refractivity contribution in [1.82, 2.24) is 9.88 Å². The van der Waals surface area contributed by atoms with Gasteiger partial charge in [0.05, 0.1) is 24.6 Å². The molecule has 2 rings (SSSR count). The third-order valence-corrected chi connectivity index (χ3v) is 3.96. The van der Waals surface area contributed by atoms with Crippen molar-refractivity contribution in [1.29, 1.82) is 0 Å². The Kier molecular flexibility index (Phi) is 7.15. The molecule has 0 aliphatic rings. The first kappa shape index (κ1) is 19.9. The second-order valence-electron chi connectivity index (χ2n) is 5.98. The van der Waals surface area contributed by atoms with E-state index >= 15 is 0 Å². The monoisotopic (exact) mass is 366 g/mol. The van der Waals surface area contributed by atoms with E-state index in [1.165, 1.54) is 17.2 Å². The van der Waals surface area contributed by atoms with E-state index in [9.17, 15) is 23.1 Å². The summed E-state index contributed by atoms with van der Waals surface area (Å²) >= 11 is 0. The number of hydrogen-bond donors (Lipinski definition) is 1. The molecule has 0 spiro atoms. The normalized spacial score (nSPS) is 12.2. The number of pyridine rings is 1. The predicted octanol–water partition coefficient (Wildman–Crippen LogP) is 3.67. The lowest BCUT2D eigenvalue weighted by molar-refractivity contribution is -0.132. The van der Waals surface area contributed by atoms with Crippen molar-refractivity contribution >= 4 is 5.91 Å². The van der Waals surface area contributed by atoms with Crippen LogP contribution >= 0.6 is 0 Å². The number of halogens is 3. The molecule has 0 radical (unpaired) electrons. The first-order valence-corrected chi connectivity index (χ1v) is 8.34. The third kappa shape index (κ3) is 5.29. The average molecular weight is 366 g/mol. The minimum Gasteiger partial charge on any atom is -0.386 e. The van der Waals surface area contributed by atoms with Crippen LogP contribution in [-0.4, -0.2) is 34.0 Å². The Balaban J connectivity index is 2.07. The molecule has 0 aliphatic heterocycles. The van der Waals surface area contributed by atoms with Gasteiger partial charge in [0.2, 0.25) is 5.91 Å². The summed E-state index contributed by atoms with van der Waals surface area (Å²) in [4.78, 5) is 17.9. The SMILES string of the molecule is CCCN(C[C@@H](O)c1cccnc1)C(=O)Cc1ccc(C(F)F)c(F)c1. The van der Waals surface area contributed by atoms with Gasteiger partial charge in [-0.25, -0.2) is 13.2 Å². The van der Waals surface area contributed by atoms with Gasteiger partial charge in [-0.1, -0.05) is 25.1 Å². The van der Waals surface area contributed by atoms with E-state index < -0.39 is 23.9 Å². The zero-order chi connectivity index (χ0) is 19.1. The van der Waals surface area contributed by atoms with Crippen molar-refractivity contribution in [3.8, 4) is 0 Å². The lowest BCUT2D eigenvalue weighted by Crippen LogP contribution is -2.36. The number of benzene rings is 1. The topological polar surface area (TPSA) is 53.4 Å². The summed E-state index contributed by atoms with van der Waals surface area (Å²) in [6, 6.07) is 6.69. The van der Waals surface area contributed by atoms with Gasteiger partial charge in [-0.3, -0.25) is 9.78 Å². The Morgan fingerprint density at radius 1 is 1.31 bits per heavy atom. The molecular weight excluding hydrogens is 345 g/mol. The maximum atomic E-state index is 13.7. The molecule has 1 heterocycles. The number of aromatic nitrogens is 1. The van der Waals surface area contributed by atoms with Crippen LogP contribution in [0.15, 0.2) is 42.7 Å². The fourth-order valence-corrected chi connectivity index (χ4v) is 2.62. The smallest absolute Gasteiger partial charge is 0.266 e. The van der Waals surface area contributed by atoms with E-state index in [0.717, 1.165) is 12.1 Å². The Hall–Kier alpha value is -2.41. The van der Waals surface area contributed by atoms with E-state index in [4.69, 9.17) is 0 Å². The van der Waals surface area contributed by atoms with Gasteiger partial charge in [0, 0.05) is 24.5 Å². The minimum absolute atomic E-state index is 0.0793. The molecule has 140 valence electrons. The highest BCUT2D eigenvalue weighted by Crippen LogP contribution is 2.23. The highest BCUT2D eigenvalue weighted by atomic mass is 19.3. The summed E-state index contributed by atoms with van der Waals surface area (Å²) < 4.78 is 38.9. The second kappa shape index (κ2) is 9.33. The number of aliphatic hydroxyl groups is 1. The van der Waals surface area contributed by atoms with Gasteiger partial charge in [0.25, 0.3) is 6.43 Å². The van der Waals surface area contributed by atoms with E-state index in [-0.39, 0.29) is 18.9 Å². The molecule has 26 heavy (non-hydrogen) atoms. The Morgan fingerprint density at radius 3 is 2.65 bits per heavy atom. The summed E-state index contributed by atoms with van der Waals surface area (Å²) in [5.74, 6) is -1.33. The summed E-state index contributed by atoms with van der Waals surface area (Å²) in [6.45, 7) is 2.40. The van der Waals surface area contributed by atoms with Gasteiger partial charge in [0.15, 0.2) is 0 Å². The van der Waals surface area contributed by atoms with Crippen molar-refractivity contribution < 1.29 is 23.1 Å². The number of nitrogens with zero attached hydrogens (tertiary/aromatic N) is 2. The van der Waals surface area contributed by atoms with Gasteiger partial charge < -0.3 is 10.0 Å². The standard InChI is InChI=1S/C19H21F3N2O2/c1-2-8-24(12-17(25)14-4-3-7-23-11-14)18(26)10-13-5-6-15(19(21)22)16(20)9-13/h3-7,9,11,17,19,25H,2,8,10,12H2,1H3/t17-/m1/s1. The van der Waals surface area contributed by atoms with Crippen LogP contribution in [0, 0.1) is 5.82 Å². The van der Waals surface area contributed by atoms with Gasteiger partial charge in [-0.15, -0.1) is 0 Å². The molecule has 0 saturated heterocycles. The molecule has 0 bridgehead atoms.